The summed E-state index contributed by atoms with van der Waals surface area (Å²) in [7, 11) is 0. The fraction of sp³-hybridized carbons (Fsp3) is 0.778. The van der Waals surface area contributed by atoms with Gasteiger partial charge < -0.3 is 4.74 Å². The van der Waals surface area contributed by atoms with Crippen LogP contribution in [0, 0.1) is 0 Å². The van der Waals surface area contributed by atoms with Crippen molar-refractivity contribution in [1.29, 1.82) is 0 Å². The van der Waals surface area contributed by atoms with Gasteiger partial charge in [0.25, 0.3) is 6.69 Å². The lowest BCUT2D eigenvalue weighted by molar-refractivity contribution is 0.157. The Kier molecular flexibility index (Phi) is 7.14. The average molecular weight is 241 g/mol. The van der Waals surface area contributed by atoms with E-state index in [1.54, 1.807) is 0 Å². The van der Waals surface area contributed by atoms with E-state index >= 15 is 0 Å². The first-order valence-electron chi connectivity index (χ1n) is 4.58. The Morgan fingerprint density at radius 1 is 1.46 bits per heavy atom. The topological polar surface area (TPSA) is 9.23 Å². The van der Waals surface area contributed by atoms with Crippen molar-refractivity contribution in [2.45, 2.75) is 32.4 Å². The van der Waals surface area contributed by atoms with Gasteiger partial charge in [-0.2, -0.15) is 0 Å². The summed E-state index contributed by atoms with van der Waals surface area (Å²) in [6, 6.07) is 1.83. The van der Waals surface area contributed by atoms with Crippen molar-refractivity contribution in [3.8, 4) is 0 Å². The molecule has 4 heteroatoms. The van der Waals surface area contributed by atoms with Crippen molar-refractivity contribution in [2.75, 3.05) is 13.2 Å². The molecular weight excluding hydrogens is 223 g/mol. The van der Waals surface area contributed by atoms with E-state index in [9.17, 15) is 0 Å². The summed E-state index contributed by atoms with van der Waals surface area (Å²) >= 11 is 12.2. The Morgan fingerprint density at radius 3 is 2.54 bits per heavy atom. The largest absolute Gasteiger partial charge is 0.377 e. The summed E-state index contributed by atoms with van der Waals surface area (Å²) in [6.45, 7) is 7.21. The van der Waals surface area contributed by atoms with Gasteiger partial charge in [-0.3, -0.25) is 0 Å². The Balaban J connectivity index is 3.30. The zero-order chi connectivity index (χ0) is 10.3. The van der Waals surface area contributed by atoms with Crippen molar-refractivity contribution in [2.24, 2.45) is 0 Å². The lowest BCUT2D eigenvalue weighted by atomic mass is 10.4. The fourth-order valence-electron chi connectivity index (χ4n) is 0.856. The van der Waals surface area contributed by atoms with Crippen LogP contribution in [0.3, 0.4) is 0 Å². The molecule has 0 rings (SSSR count). The number of hydrogen-bond acceptors (Lipinski definition) is 1. The maximum atomic E-state index is 6.09. The van der Waals surface area contributed by atoms with Crippen LogP contribution in [0.2, 0.25) is 12.1 Å². The molecule has 1 nitrogen and oxygen atoms in total. The normalized spacial score (nSPS) is 11.7. The lowest BCUT2D eigenvalue weighted by Crippen LogP contribution is -2.17. The summed E-state index contributed by atoms with van der Waals surface area (Å²) < 4.78 is 5.34. The molecule has 0 N–H and O–H groups in total. The van der Waals surface area contributed by atoms with Crippen molar-refractivity contribution in [3.63, 3.8) is 0 Å². The molecule has 0 spiro atoms. The molecule has 0 radical (unpaired) electrons. The molecule has 0 bridgehead atoms. The summed E-state index contributed by atoms with van der Waals surface area (Å²) in [5, 5.41) is 0. The molecule has 0 aromatic carbocycles. The third-order valence-electron chi connectivity index (χ3n) is 1.70. The number of hydrogen-bond donors (Lipinski definition) is 0. The van der Waals surface area contributed by atoms with E-state index in [1.807, 2.05) is 13.8 Å². The van der Waals surface area contributed by atoms with Crippen LogP contribution >= 0.6 is 22.2 Å². The molecule has 0 unspecified atom stereocenters. The maximum absolute atomic E-state index is 6.09. The predicted octanol–water partition coefficient (Wildman–Crippen LogP) is 3.91. The average Bonchev–Trinajstić information content (AvgIpc) is 2.03. The molecule has 0 aromatic rings. The van der Waals surface area contributed by atoms with Gasteiger partial charge in [0, 0.05) is 6.61 Å². The first-order valence-corrected chi connectivity index (χ1v) is 9.01. The monoisotopic (exact) mass is 240 g/mol. The van der Waals surface area contributed by atoms with Gasteiger partial charge in [0.05, 0.1) is 6.61 Å². The van der Waals surface area contributed by atoms with E-state index in [-0.39, 0.29) is 0 Å². The van der Waals surface area contributed by atoms with Gasteiger partial charge in [0.1, 0.15) is 0 Å². The van der Waals surface area contributed by atoms with Gasteiger partial charge in [-0.1, -0.05) is 19.1 Å². The van der Waals surface area contributed by atoms with Crippen LogP contribution in [0.1, 0.15) is 20.3 Å². The molecule has 0 aliphatic rings. The van der Waals surface area contributed by atoms with Crippen LogP contribution in [0.25, 0.3) is 0 Å². The lowest BCUT2D eigenvalue weighted by Gasteiger charge is -2.13. The predicted molar refractivity (Wildman–Crippen MR) is 63.0 cm³/mol. The van der Waals surface area contributed by atoms with Gasteiger partial charge >= 0.3 is 0 Å². The van der Waals surface area contributed by atoms with E-state index < -0.39 is 6.69 Å². The van der Waals surface area contributed by atoms with Crippen molar-refractivity contribution in [3.05, 3.63) is 12.2 Å². The molecule has 0 heterocycles. The molecule has 0 saturated heterocycles. The zero-order valence-corrected chi connectivity index (χ0v) is 10.9. The molecule has 0 aliphatic heterocycles. The molecule has 0 aromatic heterocycles. The van der Waals surface area contributed by atoms with E-state index in [4.69, 9.17) is 26.9 Å². The second-order valence-corrected chi connectivity index (χ2v) is 11.2. The summed E-state index contributed by atoms with van der Waals surface area (Å²) in [4.78, 5) is 0. The van der Waals surface area contributed by atoms with Gasteiger partial charge in [-0.25, -0.2) is 0 Å². The number of halogens is 2. The van der Waals surface area contributed by atoms with Crippen LogP contribution in [0.4, 0.5) is 0 Å². The fourth-order valence-corrected chi connectivity index (χ4v) is 2.67. The molecular formula is C9H18Cl2OSi. The third kappa shape index (κ3) is 8.82. The Morgan fingerprint density at radius 2 is 2.08 bits per heavy atom. The highest BCUT2D eigenvalue weighted by Crippen LogP contribution is 2.26. The van der Waals surface area contributed by atoms with E-state index in [0.717, 1.165) is 30.7 Å². The Bertz CT molecular complexity index is 160. The standard InChI is InChI=1S/C9H18Cl2OSi/c1-4-13(10,11)7-5-6-12-8-9(2)3/h2,4-8H2,1,3H3. The van der Waals surface area contributed by atoms with Crippen molar-refractivity contribution in [1.82, 2.24) is 0 Å². The quantitative estimate of drug-likeness (QED) is 0.284. The molecule has 0 aliphatic carbocycles. The molecule has 78 valence electrons. The van der Waals surface area contributed by atoms with Crippen LogP contribution in [-0.4, -0.2) is 19.9 Å². The van der Waals surface area contributed by atoms with Crippen LogP contribution in [0.5, 0.6) is 0 Å². The first-order chi connectivity index (χ1) is 5.98. The number of ether oxygens (including phenoxy) is 1. The Hall–Kier alpha value is 0.497. The molecule has 13 heavy (non-hydrogen) atoms. The van der Waals surface area contributed by atoms with Gasteiger partial charge in [-0.05, 0) is 25.4 Å². The highest BCUT2D eigenvalue weighted by atomic mass is 35.7. The summed E-state index contributed by atoms with van der Waals surface area (Å²) in [6.07, 6.45) is 0.959. The van der Waals surface area contributed by atoms with Crippen LogP contribution in [-0.2, 0) is 4.74 Å². The zero-order valence-electron chi connectivity index (χ0n) is 8.41. The SMILES string of the molecule is C=C(C)COCCC[Si](Cl)(Cl)CC. The first kappa shape index (κ1) is 13.5. The second kappa shape index (κ2) is 6.88. The minimum Gasteiger partial charge on any atom is -0.377 e. The van der Waals surface area contributed by atoms with Crippen molar-refractivity contribution >= 4 is 28.9 Å². The van der Waals surface area contributed by atoms with Gasteiger partial charge in [0.15, 0.2) is 0 Å². The molecule has 0 fully saturated rings. The highest BCUT2D eigenvalue weighted by molar-refractivity contribution is 7.45. The van der Waals surface area contributed by atoms with Gasteiger partial charge in [-0.15, -0.1) is 22.2 Å². The van der Waals surface area contributed by atoms with Crippen LogP contribution < -0.4 is 0 Å². The maximum Gasteiger partial charge on any atom is 0.251 e. The van der Waals surface area contributed by atoms with Crippen molar-refractivity contribution < 1.29 is 4.74 Å². The summed E-state index contributed by atoms with van der Waals surface area (Å²) in [5.74, 6) is 0. The van der Waals surface area contributed by atoms with E-state index in [0.29, 0.717) is 6.61 Å². The summed E-state index contributed by atoms with van der Waals surface area (Å²) in [5.41, 5.74) is 1.05. The van der Waals surface area contributed by atoms with E-state index in [2.05, 4.69) is 6.58 Å². The smallest absolute Gasteiger partial charge is 0.251 e. The highest BCUT2D eigenvalue weighted by Gasteiger charge is 2.24. The van der Waals surface area contributed by atoms with Crippen LogP contribution in [0.15, 0.2) is 12.2 Å². The molecule has 0 saturated carbocycles. The van der Waals surface area contributed by atoms with E-state index in [1.165, 1.54) is 0 Å². The van der Waals surface area contributed by atoms with Gasteiger partial charge in [0.2, 0.25) is 0 Å². The molecule has 0 amide bonds. The second-order valence-electron chi connectivity index (χ2n) is 3.32. The number of rotatable bonds is 7. The Labute approximate surface area is 91.5 Å². The minimum atomic E-state index is -1.91. The molecule has 0 atom stereocenters. The third-order valence-corrected chi connectivity index (χ3v) is 6.55. The minimum absolute atomic E-state index is 0.644.